The number of aromatic nitrogens is 2. The number of benzene rings is 1. The number of imidazole rings is 1. The van der Waals surface area contributed by atoms with Crippen LogP contribution >= 0.6 is 11.6 Å². The molecule has 1 N–H and O–H groups in total. The number of hydrogen-bond acceptors (Lipinski definition) is 4. The van der Waals surface area contributed by atoms with E-state index in [4.69, 9.17) is 21.1 Å². The molecule has 0 aliphatic rings. The van der Waals surface area contributed by atoms with E-state index in [0.29, 0.717) is 42.7 Å². The van der Waals surface area contributed by atoms with Crippen LogP contribution in [-0.4, -0.2) is 33.5 Å². The van der Waals surface area contributed by atoms with Gasteiger partial charge in [-0.2, -0.15) is 0 Å². The second-order valence-corrected chi connectivity index (χ2v) is 6.56. The van der Waals surface area contributed by atoms with Crippen LogP contribution in [0.25, 0.3) is 11.4 Å². The fourth-order valence-corrected chi connectivity index (χ4v) is 2.61. The highest BCUT2D eigenvalue weighted by Crippen LogP contribution is 2.38. The average molecular weight is 353 g/mol. The Morgan fingerprint density at radius 3 is 2.38 bits per heavy atom. The maximum Gasteiger partial charge on any atom is 0.162 e. The van der Waals surface area contributed by atoms with Gasteiger partial charge in [0.05, 0.1) is 23.8 Å². The largest absolute Gasteiger partial charge is 0.490 e. The molecule has 2 rings (SSSR count). The van der Waals surface area contributed by atoms with Gasteiger partial charge in [-0.25, -0.2) is 4.98 Å². The highest BCUT2D eigenvalue weighted by molar-refractivity contribution is 6.33. The number of rotatable bonds is 8. The Balaban J connectivity index is 2.38. The van der Waals surface area contributed by atoms with E-state index in [0.717, 1.165) is 11.4 Å². The van der Waals surface area contributed by atoms with Crippen LogP contribution < -0.4 is 9.47 Å². The molecule has 0 bridgehead atoms. The highest BCUT2D eigenvalue weighted by atomic mass is 35.5. The van der Waals surface area contributed by atoms with Crippen molar-refractivity contribution >= 4 is 11.6 Å². The predicted octanol–water partition coefficient (Wildman–Crippen LogP) is 4.16. The SMILES string of the molecule is CCOc1cc(Cl)c(-c2nccn2CCC(C)(C)O)cc1OCC. The molecule has 0 aliphatic heterocycles. The molecule has 0 aliphatic carbocycles. The molecular formula is C18H25ClN2O3. The summed E-state index contributed by atoms with van der Waals surface area (Å²) in [5, 5.41) is 10.5. The fraction of sp³-hybridized carbons (Fsp3) is 0.500. The number of aryl methyl sites for hydroxylation is 1. The normalized spacial score (nSPS) is 11.6. The van der Waals surface area contributed by atoms with Crippen LogP contribution in [0.1, 0.15) is 34.1 Å². The first-order chi connectivity index (χ1) is 11.4. The zero-order chi connectivity index (χ0) is 17.7. The average Bonchev–Trinajstić information content (AvgIpc) is 2.96. The molecule has 0 atom stereocenters. The number of aliphatic hydroxyl groups is 1. The first-order valence-corrected chi connectivity index (χ1v) is 8.56. The third-order valence-corrected chi connectivity index (χ3v) is 3.87. The van der Waals surface area contributed by atoms with Gasteiger partial charge in [-0.05, 0) is 40.2 Å². The number of hydrogen-bond donors (Lipinski definition) is 1. The van der Waals surface area contributed by atoms with Crippen molar-refractivity contribution in [2.24, 2.45) is 0 Å². The van der Waals surface area contributed by atoms with E-state index in [-0.39, 0.29) is 0 Å². The van der Waals surface area contributed by atoms with Crippen molar-refractivity contribution < 1.29 is 14.6 Å². The maximum atomic E-state index is 9.95. The molecule has 0 amide bonds. The molecule has 6 heteroatoms. The summed E-state index contributed by atoms with van der Waals surface area (Å²) < 4.78 is 13.3. The molecule has 24 heavy (non-hydrogen) atoms. The van der Waals surface area contributed by atoms with Gasteiger partial charge in [0, 0.05) is 30.6 Å². The van der Waals surface area contributed by atoms with E-state index >= 15 is 0 Å². The van der Waals surface area contributed by atoms with Gasteiger partial charge in [0.15, 0.2) is 11.5 Å². The van der Waals surface area contributed by atoms with Gasteiger partial charge >= 0.3 is 0 Å². The third kappa shape index (κ3) is 4.65. The first kappa shape index (κ1) is 18.6. The summed E-state index contributed by atoms with van der Waals surface area (Å²) in [6.07, 6.45) is 4.23. The Kier molecular flexibility index (Phi) is 6.13. The minimum Gasteiger partial charge on any atom is -0.490 e. The van der Waals surface area contributed by atoms with E-state index in [1.54, 1.807) is 26.1 Å². The van der Waals surface area contributed by atoms with Gasteiger partial charge in [-0.15, -0.1) is 0 Å². The molecule has 0 saturated heterocycles. The smallest absolute Gasteiger partial charge is 0.162 e. The van der Waals surface area contributed by atoms with Crippen LogP contribution in [0.2, 0.25) is 5.02 Å². The van der Waals surface area contributed by atoms with Gasteiger partial charge in [0.1, 0.15) is 5.82 Å². The Morgan fingerprint density at radius 1 is 1.17 bits per heavy atom. The molecule has 0 spiro atoms. The second-order valence-electron chi connectivity index (χ2n) is 6.15. The van der Waals surface area contributed by atoms with Crippen LogP contribution in [0, 0.1) is 0 Å². The minimum atomic E-state index is -0.735. The Bertz CT molecular complexity index is 677. The molecular weight excluding hydrogens is 328 g/mol. The predicted molar refractivity (Wildman–Crippen MR) is 95.9 cm³/mol. The second kappa shape index (κ2) is 7.90. The van der Waals surface area contributed by atoms with E-state index in [1.165, 1.54) is 0 Å². The van der Waals surface area contributed by atoms with Crippen molar-refractivity contribution in [1.29, 1.82) is 0 Å². The zero-order valence-corrected chi connectivity index (χ0v) is 15.4. The first-order valence-electron chi connectivity index (χ1n) is 8.18. The van der Waals surface area contributed by atoms with E-state index in [1.807, 2.05) is 30.7 Å². The van der Waals surface area contributed by atoms with Crippen LogP contribution in [-0.2, 0) is 6.54 Å². The van der Waals surface area contributed by atoms with Crippen LogP contribution in [0.3, 0.4) is 0 Å². The monoisotopic (exact) mass is 352 g/mol. The lowest BCUT2D eigenvalue weighted by Gasteiger charge is -2.19. The van der Waals surface area contributed by atoms with E-state index < -0.39 is 5.60 Å². The van der Waals surface area contributed by atoms with Crippen molar-refractivity contribution in [3.63, 3.8) is 0 Å². The molecule has 0 fully saturated rings. The molecule has 0 radical (unpaired) electrons. The third-order valence-electron chi connectivity index (χ3n) is 3.55. The lowest BCUT2D eigenvalue weighted by molar-refractivity contribution is 0.0663. The van der Waals surface area contributed by atoms with Crippen molar-refractivity contribution in [1.82, 2.24) is 9.55 Å². The summed E-state index contributed by atoms with van der Waals surface area (Å²) in [6, 6.07) is 3.63. The topological polar surface area (TPSA) is 56.5 Å². The number of ether oxygens (including phenoxy) is 2. The Hall–Kier alpha value is -1.72. The van der Waals surface area contributed by atoms with Crippen molar-refractivity contribution in [3.05, 3.63) is 29.5 Å². The van der Waals surface area contributed by atoms with Crippen molar-refractivity contribution in [2.75, 3.05) is 13.2 Å². The lowest BCUT2D eigenvalue weighted by Crippen LogP contribution is -2.21. The maximum absolute atomic E-state index is 9.95. The molecule has 1 heterocycles. The summed E-state index contributed by atoms with van der Waals surface area (Å²) in [5.41, 5.74) is 0.0463. The van der Waals surface area contributed by atoms with Crippen LogP contribution in [0.15, 0.2) is 24.5 Å². The van der Waals surface area contributed by atoms with Gasteiger partial charge in [0.2, 0.25) is 0 Å². The summed E-state index contributed by atoms with van der Waals surface area (Å²) >= 11 is 6.45. The van der Waals surface area contributed by atoms with Gasteiger partial charge in [-0.1, -0.05) is 11.6 Å². The van der Waals surface area contributed by atoms with Crippen molar-refractivity contribution in [2.45, 2.75) is 46.3 Å². The van der Waals surface area contributed by atoms with Crippen molar-refractivity contribution in [3.8, 4) is 22.9 Å². The van der Waals surface area contributed by atoms with E-state index in [9.17, 15) is 5.11 Å². The summed E-state index contributed by atoms with van der Waals surface area (Å²) in [7, 11) is 0. The fourth-order valence-electron chi connectivity index (χ4n) is 2.37. The van der Waals surface area contributed by atoms with Crippen LogP contribution in [0.5, 0.6) is 11.5 Å². The van der Waals surface area contributed by atoms with Crippen LogP contribution in [0.4, 0.5) is 0 Å². The highest BCUT2D eigenvalue weighted by Gasteiger charge is 2.18. The lowest BCUT2D eigenvalue weighted by atomic mass is 10.1. The molecule has 132 valence electrons. The Labute approximate surface area is 148 Å². The van der Waals surface area contributed by atoms with Gasteiger partial charge in [0.25, 0.3) is 0 Å². The summed E-state index contributed by atoms with van der Waals surface area (Å²) in [6.45, 7) is 9.15. The molecule has 2 aromatic rings. The molecule has 0 saturated carbocycles. The summed E-state index contributed by atoms with van der Waals surface area (Å²) in [5.74, 6) is 2.02. The van der Waals surface area contributed by atoms with E-state index in [2.05, 4.69) is 4.98 Å². The molecule has 1 aromatic heterocycles. The van der Waals surface area contributed by atoms with Gasteiger partial charge < -0.3 is 19.1 Å². The minimum absolute atomic E-state index is 0.536. The number of halogens is 1. The molecule has 5 nitrogen and oxygen atoms in total. The molecule has 0 unspecified atom stereocenters. The Morgan fingerprint density at radius 2 is 1.79 bits per heavy atom. The number of nitrogens with zero attached hydrogens (tertiary/aromatic N) is 2. The standard InChI is InChI=1S/C18H25ClN2O3/c1-5-23-15-11-13(14(19)12-16(15)24-6-2)17-20-8-10-21(17)9-7-18(3,4)22/h8,10-12,22H,5-7,9H2,1-4H3. The molecule has 1 aromatic carbocycles. The van der Waals surface area contributed by atoms with Gasteiger partial charge in [-0.3, -0.25) is 0 Å². The zero-order valence-electron chi connectivity index (χ0n) is 14.7. The summed E-state index contributed by atoms with van der Waals surface area (Å²) in [4.78, 5) is 4.43. The quantitative estimate of drug-likeness (QED) is 0.775.